The molecule has 0 atom stereocenters. The summed E-state index contributed by atoms with van der Waals surface area (Å²) in [5.74, 6) is -0.102. The van der Waals surface area contributed by atoms with Gasteiger partial charge in [0.25, 0.3) is 5.91 Å². The SMILES string of the molecule is CCNc1ccc(Cl)cc1C(=O)NCCN(C)C. The molecule has 0 aliphatic heterocycles. The van der Waals surface area contributed by atoms with Crippen molar-refractivity contribution in [1.82, 2.24) is 10.2 Å². The Kier molecular flexibility index (Phi) is 5.95. The van der Waals surface area contributed by atoms with Gasteiger partial charge in [-0.3, -0.25) is 4.79 Å². The summed E-state index contributed by atoms with van der Waals surface area (Å²) < 4.78 is 0. The fourth-order valence-corrected chi connectivity index (χ4v) is 1.71. The average molecular weight is 270 g/mol. The molecule has 18 heavy (non-hydrogen) atoms. The summed E-state index contributed by atoms with van der Waals surface area (Å²) in [5.41, 5.74) is 1.40. The molecule has 0 aromatic heterocycles. The molecular formula is C13H20ClN3O. The molecule has 0 heterocycles. The molecule has 0 radical (unpaired) electrons. The number of nitrogens with zero attached hydrogens (tertiary/aromatic N) is 1. The van der Waals surface area contributed by atoms with Gasteiger partial charge < -0.3 is 15.5 Å². The van der Waals surface area contributed by atoms with Crippen molar-refractivity contribution in [3.8, 4) is 0 Å². The molecular weight excluding hydrogens is 250 g/mol. The molecule has 100 valence electrons. The van der Waals surface area contributed by atoms with Gasteiger partial charge in [0, 0.05) is 30.3 Å². The Hall–Kier alpha value is -1.26. The number of halogens is 1. The van der Waals surface area contributed by atoms with Crippen LogP contribution in [0.3, 0.4) is 0 Å². The van der Waals surface area contributed by atoms with Gasteiger partial charge in [-0.2, -0.15) is 0 Å². The molecule has 0 fully saturated rings. The van der Waals surface area contributed by atoms with E-state index in [0.717, 1.165) is 18.8 Å². The molecule has 0 saturated carbocycles. The Bertz CT molecular complexity index is 407. The van der Waals surface area contributed by atoms with Crippen molar-refractivity contribution in [2.75, 3.05) is 39.0 Å². The van der Waals surface area contributed by atoms with Crippen LogP contribution in [0.1, 0.15) is 17.3 Å². The quantitative estimate of drug-likeness (QED) is 0.831. The van der Waals surface area contributed by atoms with Crippen molar-refractivity contribution >= 4 is 23.2 Å². The molecule has 1 amide bonds. The van der Waals surface area contributed by atoms with Crippen LogP contribution < -0.4 is 10.6 Å². The van der Waals surface area contributed by atoms with Crippen molar-refractivity contribution in [2.24, 2.45) is 0 Å². The topological polar surface area (TPSA) is 44.4 Å². The van der Waals surface area contributed by atoms with E-state index in [4.69, 9.17) is 11.6 Å². The van der Waals surface area contributed by atoms with E-state index in [9.17, 15) is 4.79 Å². The van der Waals surface area contributed by atoms with Crippen molar-refractivity contribution < 1.29 is 4.79 Å². The van der Waals surface area contributed by atoms with Gasteiger partial charge in [0.05, 0.1) is 5.56 Å². The summed E-state index contributed by atoms with van der Waals surface area (Å²) >= 11 is 5.93. The minimum absolute atomic E-state index is 0.102. The van der Waals surface area contributed by atoms with Crippen LogP contribution in [-0.2, 0) is 0 Å². The third-order valence-corrected chi connectivity index (χ3v) is 2.67. The first-order valence-electron chi connectivity index (χ1n) is 6.01. The first-order chi connectivity index (χ1) is 8.54. The molecule has 0 saturated heterocycles. The third kappa shape index (κ3) is 4.55. The molecule has 1 rings (SSSR count). The van der Waals surface area contributed by atoms with E-state index in [0.29, 0.717) is 17.1 Å². The summed E-state index contributed by atoms with van der Waals surface area (Å²) in [6.07, 6.45) is 0. The lowest BCUT2D eigenvalue weighted by molar-refractivity contribution is 0.0952. The molecule has 0 spiro atoms. The van der Waals surface area contributed by atoms with Crippen LogP contribution in [0.5, 0.6) is 0 Å². The smallest absolute Gasteiger partial charge is 0.253 e. The fraction of sp³-hybridized carbons (Fsp3) is 0.462. The first-order valence-corrected chi connectivity index (χ1v) is 6.38. The zero-order valence-corrected chi connectivity index (χ0v) is 11.8. The second-order valence-electron chi connectivity index (χ2n) is 4.28. The summed E-state index contributed by atoms with van der Waals surface area (Å²) in [6.45, 7) is 4.18. The molecule has 4 nitrogen and oxygen atoms in total. The van der Waals surface area contributed by atoms with E-state index >= 15 is 0 Å². The summed E-state index contributed by atoms with van der Waals surface area (Å²) in [5, 5.41) is 6.59. The highest BCUT2D eigenvalue weighted by Crippen LogP contribution is 2.20. The third-order valence-electron chi connectivity index (χ3n) is 2.44. The maximum atomic E-state index is 12.0. The minimum atomic E-state index is -0.102. The number of hydrogen-bond acceptors (Lipinski definition) is 3. The zero-order valence-electron chi connectivity index (χ0n) is 11.1. The van der Waals surface area contributed by atoms with E-state index in [2.05, 4.69) is 10.6 Å². The predicted molar refractivity (Wildman–Crippen MR) is 76.5 cm³/mol. The Balaban J connectivity index is 2.73. The standard InChI is InChI=1S/C13H20ClN3O/c1-4-15-12-6-5-10(14)9-11(12)13(18)16-7-8-17(2)3/h5-6,9,15H,4,7-8H2,1-3H3,(H,16,18). The summed E-state index contributed by atoms with van der Waals surface area (Å²) in [6, 6.07) is 5.29. The predicted octanol–water partition coefficient (Wildman–Crippen LogP) is 2.06. The Labute approximate surface area is 113 Å². The van der Waals surface area contributed by atoms with Crippen LogP contribution in [-0.4, -0.2) is 44.5 Å². The number of amides is 1. The molecule has 1 aromatic carbocycles. The Morgan fingerprint density at radius 2 is 2.11 bits per heavy atom. The molecule has 0 bridgehead atoms. The zero-order chi connectivity index (χ0) is 13.5. The van der Waals surface area contributed by atoms with Gasteiger partial charge >= 0.3 is 0 Å². The number of hydrogen-bond donors (Lipinski definition) is 2. The van der Waals surface area contributed by atoms with E-state index < -0.39 is 0 Å². The van der Waals surface area contributed by atoms with Crippen molar-refractivity contribution in [3.05, 3.63) is 28.8 Å². The fourth-order valence-electron chi connectivity index (χ4n) is 1.54. The monoisotopic (exact) mass is 269 g/mol. The lowest BCUT2D eigenvalue weighted by Gasteiger charge is -2.13. The van der Waals surface area contributed by atoms with Crippen LogP contribution in [0, 0.1) is 0 Å². The van der Waals surface area contributed by atoms with E-state index in [1.54, 1.807) is 12.1 Å². The highest BCUT2D eigenvalue weighted by molar-refractivity contribution is 6.31. The van der Waals surface area contributed by atoms with Crippen LogP contribution in [0.15, 0.2) is 18.2 Å². The number of carbonyl (C=O) groups is 1. The van der Waals surface area contributed by atoms with Gasteiger partial charge in [-0.05, 0) is 39.2 Å². The summed E-state index contributed by atoms with van der Waals surface area (Å²) in [4.78, 5) is 14.1. The number of benzene rings is 1. The highest BCUT2D eigenvalue weighted by Gasteiger charge is 2.11. The lowest BCUT2D eigenvalue weighted by atomic mass is 10.1. The number of likely N-dealkylation sites (N-methyl/N-ethyl adjacent to an activating group) is 1. The maximum Gasteiger partial charge on any atom is 0.253 e. The van der Waals surface area contributed by atoms with Crippen molar-refractivity contribution in [3.63, 3.8) is 0 Å². The Morgan fingerprint density at radius 1 is 1.39 bits per heavy atom. The van der Waals surface area contributed by atoms with Crippen molar-refractivity contribution in [1.29, 1.82) is 0 Å². The van der Waals surface area contributed by atoms with Gasteiger partial charge in [-0.15, -0.1) is 0 Å². The second kappa shape index (κ2) is 7.24. The van der Waals surface area contributed by atoms with Crippen molar-refractivity contribution in [2.45, 2.75) is 6.92 Å². The molecule has 0 aliphatic carbocycles. The van der Waals surface area contributed by atoms with Crippen LogP contribution >= 0.6 is 11.6 Å². The number of anilines is 1. The average Bonchev–Trinajstić information content (AvgIpc) is 2.31. The minimum Gasteiger partial charge on any atom is -0.385 e. The van der Waals surface area contributed by atoms with Gasteiger partial charge in [-0.1, -0.05) is 11.6 Å². The lowest BCUT2D eigenvalue weighted by Crippen LogP contribution is -2.31. The first kappa shape index (κ1) is 14.8. The molecule has 0 aliphatic rings. The van der Waals surface area contributed by atoms with Crippen LogP contribution in [0.4, 0.5) is 5.69 Å². The largest absolute Gasteiger partial charge is 0.385 e. The summed E-state index contributed by atoms with van der Waals surface area (Å²) in [7, 11) is 3.94. The van der Waals surface area contributed by atoms with Crippen LogP contribution in [0.2, 0.25) is 5.02 Å². The van der Waals surface area contributed by atoms with Crippen LogP contribution in [0.25, 0.3) is 0 Å². The Morgan fingerprint density at radius 3 is 2.72 bits per heavy atom. The van der Waals surface area contributed by atoms with E-state index in [1.807, 2.05) is 32.0 Å². The molecule has 2 N–H and O–H groups in total. The number of carbonyl (C=O) groups excluding carboxylic acids is 1. The van der Waals surface area contributed by atoms with E-state index in [-0.39, 0.29) is 5.91 Å². The second-order valence-corrected chi connectivity index (χ2v) is 4.72. The highest BCUT2D eigenvalue weighted by atomic mass is 35.5. The van der Waals surface area contributed by atoms with Gasteiger partial charge in [0.2, 0.25) is 0 Å². The number of rotatable bonds is 6. The maximum absolute atomic E-state index is 12.0. The molecule has 1 aromatic rings. The normalized spacial score (nSPS) is 10.5. The number of nitrogens with one attached hydrogen (secondary N) is 2. The molecule has 0 unspecified atom stereocenters. The van der Waals surface area contributed by atoms with Gasteiger partial charge in [0.15, 0.2) is 0 Å². The van der Waals surface area contributed by atoms with E-state index in [1.165, 1.54) is 0 Å². The van der Waals surface area contributed by atoms with Gasteiger partial charge in [-0.25, -0.2) is 0 Å². The van der Waals surface area contributed by atoms with Gasteiger partial charge in [0.1, 0.15) is 0 Å². The molecule has 5 heteroatoms.